The van der Waals surface area contributed by atoms with Gasteiger partial charge in [0.1, 0.15) is 5.76 Å². The summed E-state index contributed by atoms with van der Waals surface area (Å²) in [6.45, 7) is 1.30. The molecule has 2 heterocycles. The maximum absolute atomic E-state index is 13.1. The standard InChI is InChI=1S/C14H17F6N3O2/c1-3-9(11(24)21-10-6-8(2)25-22-10)23-5-4-12(7-23,13(15,16)17)14(18,19)20/h6,9H,3-5,7H2,1-2H3,(H,21,22,24). The first kappa shape index (κ1) is 19.5. The molecule has 0 bridgehead atoms. The number of nitrogens with one attached hydrogen (secondary N) is 1. The quantitative estimate of drug-likeness (QED) is 0.821. The molecule has 2 rings (SSSR count). The fraction of sp³-hybridized carbons (Fsp3) is 0.714. The summed E-state index contributed by atoms with van der Waals surface area (Å²) in [5.41, 5.74) is -3.82. The first-order valence-electron chi connectivity index (χ1n) is 7.53. The Labute approximate surface area is 139 Å². The average molecular weight is 373 g/mol. The van der Waals surface area contributed by atoms with Crippen LogP contribution < -0.4 is 5.32 Å². The Balaban J connectivity index is 2.18. The van der Waals surface area contributed by atoms with Crippen molar-refractivity contribution in [2.45, 2.75) is 45.1 Å². The Morgan fingerprint density at radius 2 is 1.96 bits per heavy atom. The van der Waals surface area contributed by atoms with Crippen molar-refractivity contribution < 1.29 is 35.7 Å². The summed E-state index contributed by atoms with van der Waals surface area (Å²) in [7, 11) is 0. The minimum atomic E-state index is -5.45. The van der Waals surface area contributed by atoms with E-state index < -0.39 is 49.2 Å². The molecule has 0 radical (unpaired) electrons. The summed E-state index contributed by atoms with van der Waals surface area (Å²) in [4.78, 5) is 13.2. The molecule has 1 atom stereocenters. The molecule has 1 N–H and O–H groups in total. The van der Waals surface area contributed by atoms with Crippen LogP contribution in [0, 0.1) is 12.3 Å². The Morgan fingerprint density at radius 3 is 2.36 bits per heavy atom. The minimum Gasteiger partial charge on any atom is -0.360 e. The van der Waals surface area contributed by atoms with E-state index in [1.165, 1.54) is 13.0 Å². The number of nitrogens with zero attached hydrogens (tertiary/aromatic N) is 2. The van der Waals surface area contributed by atoms with Gasteiger partial charge in [0, 0.05) is 19.2 Å². The van der Waals surface area contributed by atoms with E-state index in [-0.39, 0.29) is 12.2 Å². The van der Waals surface area contributed by atoms with Gasteiger partial charge >= 0.3 is 12.4 Å². The Hall–Kier alpha value is -1.78. The molecule has 11 heteroatoms. The zero-order chi connectivity index (χ0) is 19.0. The molecule has 1 aromatic heterocycles. The molecule has 1 aromatic rings. The van der Waals surface area contributed by atoms with Crippen LogP contribution in [0.15, 0.2) is 10.6 Å². The highest BCUT2D eigenvalue weighted by molar-refractivity contribution is 5.94. The van der Waals surface area contributed by atoms with Crippen LogP contribution in [-0.4, -0.2) is 47.4 Å². The Kier molecular flexibility index (Phi) is 5.08. The third-order valence-corrected chi connectivity index (χ3v) is 4.39. The number of aryl methyl sites for hydroxylation is 1. The third-order valence-electron chi connectivity index (χ3n) is 4.39. The van der Waals surface area contributed by atoms with E-state index in [0.29, 0.717) is 5.76 Å². The van der Waals surface area contributed by atoms with Crippen molar-refractivity contribution in [3.8, 4) is 0 Å². The van der Waals surface area contributed by atoms with Crippen molar-refractivity contribution in [1.82, 2.24) is 10.1 Å². The summed E-state index contributed by atoms with van der Waals surface area (Å²) in [6, 6.07) is 0.258. The Morgan fingerprint density at radius 1 is 1.36 bits per heavy atom. The van der Waals surface area contributed by atoms with Crippen LogP contribution in [0.2, 0.25) is 0 Å². The largest absolute Gasteiger partial charge is 0.404 e. The van der Waals surface area contributed by atoms with Crippen LogP contribution in [0.5, 0.6) is 0 Å². The lowest BCUT2D eigenvalue weighted by Crippen LogP contribution is -2.53. The maximum atomic E-state index is 13.1. The lowest BCUT2D eigenvalue weighted by atomic mass is 9.85. The third kappa shape index (κ3) is 3.60. The highest BCUT2D eigenvalue weighted by atomic mass is 19.4. The molecule has 1 unspecified atom stereocenters. The lowest BCUT2D eigenvalue weighted by molar-refractivity contribution is -0.335. The number of carbonyl (C=O) groups excluding carboxylic acids is 1. The summed E-state index contributed by atoms with van der Waals surface area (Å²) < 4.78 is 83.6. The molecular weight excluding hydrogens is 356 g/mol. The van der Waals surface area contributed by atoms with Crippen LogP contribution in [0.4, 0.5) is 32.2 Å². The number of anilines is 1. The number of aromatic nitrogens is 1. The van der Waals surface area contributed by atoms with Crippen molar-refractivity contribution in [3.05, 3.63) is 11.8 Å². The molecule has 1 fully saturated rings. The molecule has 1 saturated heterocycles. The molecule has 0 spiro atoms. The molecule has 0 aromatic carbocycles. The lowest BCUT2D eigenvalue weighted by Gasteiger charge is -2.34. The van der Waals surface area contributed by atoms with Gasteiger partial charge in [0.05, 0.1) is 6.04 Å². The number of hydrogen-bond donors (Lipinski definition) is 1. The van der Waals surface area contributed by atoms with E-state index in [4.69, 9.17) is 4.52 Å². The van der Waals surface area contributed by atoms with Crippen molar-refractivity contribution in [2.75, 3.05) is 18.4 Å². The second-order valence-electron chi connectivity index (χ2n) is 6.03. The number of likely N-dealkylation sites (tertiary alicyclic amines) is 1. The number of amides is 1. The molecule has 5 nitrogen and oxygen atoms in total. The van der Waals surface area contributed by atoms with Crippen molar-refractivity contribution in [3.63, 3.8) is 0 Å². The highest BCUT2D eigenvalue weighted by Crippen LogP contribution is 2.55. The van der Waals surface area contributed by atoms with E-state index in [1.807, 2.05) is 0 Å². The molecular formula is C14H17F6N3O2. The van der Waals surface area contributed by atoms with Gasteiger partial charge in [-0.2, -0.15) is 26.3 Å². The van der Waals surface area contributed by atoms with Crippen molar-refractivity contribution >= 4 is 11.7 Å². The number of halogens is 6. The summed E-state index contributed by atoms with van der Waals surface area (Å²) in [6.07, 6.45) is -12.0. The summed E-state index contributed by atoms with van der Waals surface area (Å²) in [5, 5.41) is 5.87. The predicted octanol–water partition coefficient (Wildman–Crippen LogP) is 3.52. The van der Waals surface area contributed by atoms with Crippen LogP contribution >= 0.6 is 0 Å². The highest BCUT2D eigenvalue weighted by Gasteiger charge is 2.72. The zero-order valence-electron chi connectivity index (χ0n) is 13.5. The monoisotopic (exact) mass is 373 g/mol. The van der Waals surface area contributed by atoms with Gasteiger partial charge in [-0.3, -0.25) is 9.69 Å². The molecule has 1 amide bonds. The number of hydrogen-bond acceptors (Lipinski definition) is 4. The van der Waals surface area contributed by atoms with E-state index in [2.05, 4.69) is 10.5 Å². The van der Waals surface area contributed by atoms with Crippen LogP contribution in [-0.2, 0) is 4.79 Å². The average Bonchev–Trinajstić information content (AvgIpc) is 3.06. The molecule has 142 valence electrons. The first-order chi connectivity index (χ1) is 11.4. The molecule has 25 heavy (non-hydrogen) atoms. The van der Waals surface area contributed by atoms with E-state index in [9.17, 15) is 31.1 Å². The summed E-state index contributed by atoms with van der Waals surface area (Å²) in [5.74, 6) is -0.272. The molecule has 1 aliphatic heterocycles. The molecule has 0 saturated carbocycles. The van der Waals surface area contributed by atoms with Gasteiger partial charge in [-0.1, -0.05) is 12.1 Å². The van der Waals surface area contributed by atoms with Gasteiger partial charge in [0.15, 0.2) is 11.2 Å². The van der Waals surface area contributed by atoms with E-state index in [1.54, 1.807) is 6.92 Å². The predicted molar refractivity (Wildman–Crippen MR) is 74.7 cm³/mol. The molecule has 0 aliphatic carbocycles. The van der Waals surface area contributed by atoms with E-state index in [0.717, 1.165) is 4.90 Å². The van der Waals surface area contributed by atoms with Gasteiger partial charge in [-0.05, 0) is 19.8 Å². The van der Waals surface area contributed by atoms with Crippen LogP contribution in [0.1, 0.15) is 25.5 Å². The summed E-state index contributed by atoms with van der Waals surface area (Å²) >= 11 is 0. The van der Waals surface area contributed by atoms with Crippen molar-refractivity contribution in [2.24, 2.45) is 5.41 Å². The smallest absolute Gasteiger partial charge is 0.360 e. The maximum Gasteiger partial charge on any atom is 0.404 e. The normalized spacial score (nSPS) is 19.8. The SMILES string of the molecule is CCC(C(=O)Nc1cc(C)on1)N1CCC(C(F)(F)F)(C(F)(F)F)C1. The molecule has 1 aliphatic rings. The number of alkyl halides is 6. The van der Waals surface area contributed by atoms with Gasteiger partial charge < -0.3 is 9.84 Å². The van der Waals surface area contributed by atoms with Crippen LogP contribution in [0.3, 0.4) is 0 Å². The van der Waals surface area contributed by atoms with E-state index >= 15 is 0 Å². The first-order valence-corrected chi connectivity index (χ1v) is 7.53. The fourth-order valence-corrected chi connectivity index (χ4v) is 2.97. The number of rotatable bonds is 4. The second kappa shape index (κ2) is 6.50. The van der Waals surface area contributed by atoms with Crippen LogP contribution in [0.25, 0.3) is 0 Å². The zero-order valence-corrected chi connectivity index (χ0v) is 13.5. The minimum absolute atomic E-state index is 0.0501. The number of carbonyl (C=O) groups is 1. The second-order valence-corrected chi connectivity index (χ2v) is 6.03. The van der Waals surface area contributed by atoms with Gasteiger partial charge in [0.2, 0.25) is 5.91 Å². The fourth-order valence-electron chi connectivity index (χ4n) is 2.97. The van der Waals surface area contributed by atoms with Crippen molar-refractivity contribution in [1.29, 1.82) is 0 Å². The van der Waals surface area contributed by atoms with Gasteiger partial charge in [-0.25, -0.2) is 0 Å². The topological polar surface area (TPSA) is 58.4 Å². The van der Waals surface area contributed by atoms with Gasteiger partial charge in [-0.15, -0.1) is 0 Å². The van der Waals surface area contributed by atoms with Gasteiger partial charge in [0.25, 0.3) is 0 Å². The Bertz CT molecular complexity index is 611.